The number of rotatable bonds is 4. The van der Waals surface area contributed by atoms with Crippen LogP contribution in [0.3, 0.4) is 0 Å². The summed E-state index contributed by atoms with van der Waals surface area (Å²) in [5, 5.41) is 1.10. The Morgan fingerprint density at radius 2 is 1.85 bits per heavy atom. The quantitative estimate of drug-likeness (QED) is 0.541. The van der Waals surface area contributed by atoms with E-state index in [1.54, 1.807) is 6.92 Å². The average Bonchev–Trinajstić information content (AvgIpc) is 1.81. The van der Waals surface area contributed by atoms with Gasteiger partial charge < -0.3 is 0 Å². The van der Waals surface area contributed by atoms with Gasteiger partial charge in [-0.05, 0) is 33.6 Å². The molecule has 76 valence electrons. The molecule has 2 nitrogen and oxygen atoms in total. The fourth-order valence-corrected chi connectivity index (χ4v) is 1.94. The lowest BCUT2D eigenvalue weighted by Gasteiger charge is -1.96. The molecular formula is C9H15ClO2S. The Hall–Kier alpha value is -0.280. The molecule has 0 N–H and O–H groups in total. The zero-order chi connectivity index (χ0) is 10.5. The van der Waals surface area contributed by atoms with Crippen LogP contribution in [-0.2, 0) is 9.05 Å². The van der Waals surface area contributed by atoms with Gasteiger partial charge in [0.1, 0.15) is 0 Å². The maximum atomic E-state index is 10.6. The molecule has 0 saturated carbocycles. The molecule has 0 spiro atoms. The average molecular weight is 223 g/mol. The largest absolute Gasteiger partial charge is 0.254 e. The first-order chi connectivity index (χ1) is 5.81. The van der Waals surface area contributed by atoms with Crippen LogP contribution in [0.4, 0.5) is 0 Å². The summed E-state index contributed by atoms with van der Waals surface area (Å²) < 4.78 is 21.2. The van der Waals surface area contributed by atoms with Gasteiger partial charge in [-0.25, -0.2) is 8.42 Å². The second-order valence-electron chi connectivity index (χ2n) is 3.26. The first kappa shape index (κ1) is 12.7. The second kappa shape index (κ2) is 5.45. The zero-order valence-electron chi connectivity index (χ0n) is 8.17. The zero-order valence-corrected chi connectivity index (χ0v) is 9.74. The van der Waals surface area contributed by atoms with Gasteiger partial charge in [0, 0.05) is 16.1 Å². The topological polar surface area (TPSA) is 34.1 Å². The molecule has 13 heavy (non-hydrogen) atoms. The number of hydrogen-bond acceptors (Lipinski definition) is 2. The molecule has 0 heterocycles. The summed E-state index contributed by atoms with van der Waals surface area (Å²) in [5.41, 5.74) is 2.02. The third-order valence-corrected chi connectivity index (χ3v) is 2.38. The van der Waals surface area contributed by atoms with Gasteiger partial charge in [0.15, 0.2) is 0 Å². The Morgan fingerprint density at radius 1 is 1.31 bits per heavy atom. The molecule has 0 unspecified atom stereocenters. The monoisotopic (exact) mass is 222 g/mol. The Balaban J connectivity index is 4.11. The summed E-state index contributed by atoms with van der Waals surface area (Å²) in [7, 11) is 1.57. The van der Waals surface area contributed by atoms with Crippen LogP contribution in [0, 0.1) is 0 Å². The predicted molar refractivity (Wildman–Crippen MR) is 57.2 cm³/mol. The summed E-state index contributed by atoms with van der Waals surface area (Å²) in [5.74, 6) is 0. The Kier molecular flexibility index (Phi) is 5.33. The van der Waals surface area contributed by atoms with E-state index < -0.39 is 9.05 Å². The molecule has 0 aromatic heterocycles. The van der Waals surface area contributed by atoms with Crippen molar-refractivity contribution in [2.45, 2.75) is 33.6 Å². The van der Waals surface area contributed by atoms with Crippen molar-refractivity contribution in [2.75, 3.05) is 0 Å². The van der Waals surface area contributed by atoms with Crippen LogP contribution in [0.1, 0.15) is 33.6 Å². The molecule has 0 rings (SSSR count). The van der Waals surface area contributed by atoms with E-state index in [2.05, 4.69) is 6.08 Å². The van der Waals surface area contributed by atoms with E-state index in [-0.39, 0.29) is 0 Å². The van der Waals surface area contributed by atoms with Crippen molar-refractivity contribution in [3.05, 3.63) is 22.6 Å². The molecule has 4 heteroatoms. The minimum atomic E-state index is -3.48. The summed E-state index contributed by atoms with van der Waals surface area (Å²) in [4.78, 5) is 0. The number of hydrogen-bond donors (Lipinski definition) is 0. The van der Waals surface area contributed by atoms with Gasteiger partial charge >= 0.3 is 0 Å². The van der Waals surface area contributed by atoms with E-state index in [9.17, 15) is 8.42 Å². The highest BCUT2D eigenvalue weighted by atomic mass is 35.7. The first-order valence-corrected chi connectivity index (χ1v) is 6.43. The lowest BCUT2D eigenvalue weighted by Crippen LogP contribution is -1.84. The lowest BCUT2D eigenvalue weighted by molar-refractivity contribution is 0.617. The van der Waals surface area contributed by atoms with Gasteiger partial charge in [-0.3, -0.25) is 0 Å². The summed E-state index contributed by atoms with van der Waals surface area (Å²) in [6.07, 6.45) is 3.66. The van der Waals surface area contributed by atoms with Gasteiger partial charge in [-0.15, -0.1) is 0 Å². The summed E-state index contributed by atoms with van der Waals surface area (Å²) in [6, 6.07) is 0. The SMILES string of the molecule is CC(C)=CCCC(C)=CS(=O)(=O)Cl. The molecule has 0 aliphatic rings. The van der Waals surface area contributed by atoms with E-state index in [0.29, 0.717) is 0 Å². The van der Waals surface area contributed by atoms with Crippen LogP contribution < -0.4 is 0 Å². The molecular weight excluding hydrogens is 208 g/mol. The van der Waals surface area contributed by atoms with Crippen molar-refractivity contribution >= 4 is 19.7 Å². The van der Waals surface area contributed by atoms with Crippen LogP contribution in [0.5, 0.6) is 0 Å². The summed E-state index contributed by atoms with van der Waals surface area (Å²) >= 11 is 0. The van der Waals surface area contributed by atoms with Crippen LogP contribution in [0.15, 0.2) is 22.6 Å². The van der Waals surface area contributed by atoms with Crippen LogP contribution in [0.2, 0.25) is 0 Å². The number of allylic oxidation sites excluding steroid dienone is 3. The molecule has 0 bridgehead atoms. The highest BCUT2D eigenvalue weighted by Gasteiger charge is 1.99. The Morgan fingerprint density at radius 3 is 2.23 bits per heavy atom. The standard InChI is InChI=1S/C9H15ClO2S/c1-8(2)5-4-6-9(3)7-13(10,11)12/h5,7H,4,6H2,1-3H3. The fourth-order valence-electron chi connectivity index (χ4n) is 0.888. The van der Waals surface area contributed by atoms with Crippen molar-refractivity contribution in [1.29, 1.82) is 0 Å². The van der Waals surface area contributed by atoms with Crippen molar-refractivity contribution in [2.24, 2.45) is 0 Å². The Labute approximate surface area is 84.7 Å². The number of halogens is 1. The van der Waals surface area contributed by atoms with E-state index >= 15 is 0 Å². The van der Waals surface area contributed by atoms with Gasteiger partial charge in [-0.2, -0.15) is 0 Å². The molecule has 0 aromatic rings. The molecule has 0 fully saturated rings. The molecule has 0 saturated heterocycles. The Bertz CT molecular complexity index is 309. The third kappa shape index (κ3) is 9.64. The molecule has 0 aliphatic heterocycles. The normalized spacial score (nSPS) is 12.8. The maximum Gasteiger partial charge on any atom is 0.254 e. The van der Waals surface area contributed by atoms with Crippen molar-refractivity contribution in [3.63, 3.8) is 0 Å². The van der Waals surface area contributed by atoms with Crippen molar-refractivity contribution < 1.29 is 8.42 Å². The van der Waals surface area contributed by atoms with E-state index in [0.717, 1.165) is 23.8 Å². The highest BCUT2D eigenvalue weighted by Crippen LogP contribution is 2.10. The molecule has 0 amide bonds. The maximum absolute atomic E-state index is 10.6. The van der Waals surface area contributed by atoms with Crippen LogP contribution in [-0.4, -0.2) is 8.42 Å². The smallest absolute Gasteiger partial charge is 0.208 e. The molecule has 0 radical (unpaired) electrons. The second-order valence-corrected chi connectivity index (χ2v) is 5.74. The molecule has 0 aliphatic carbocycles. The van der Waals surface area contributed by atoms with Crippen LogP contribution in [0.25, 0.3) is 0 Å². The van der Waals surface area contributed by atoms with E-state index in [1.807, 2.05) is 13.8 Å². The fraction of sp³-hybridized carbons (Fsp3) is 0.556. The van der Waals surface area contributed by atoms with E-state index in [1.165, 1.54) is 5.57 Å². The minimum absolute atomic E-state index is 0.733. The van der Waals surface area contributed by atoms with Gasteiger partial charge in [0.25, 0.3) is 9.05 Å². The first-order valence-electron chi connectivity index (χ1n) is 4.06. The van der Waals surface area contributed by atoms with Gasteiger partial charge in [-0.1, -0.05) is 17.2 Å². The van der Waals surface area contributed by atoms with Gasteiger partial charge in [0.2, 0.25) is 0 Å². The van der Waals surface area contributed by atoms with E-state index in [4.69, 9.17) is 10.7 Å². The third-order valence-electron chi connectivity index (χ3n) is 1.43. The predicted octanol–water partition coefficient (Wildman–Crippen LogP) is 3.21. The van der Waals surface area contributed by atoms with Crippen LogP contribution >= 0.6 is 10.7 Å². The molecule has 0 atom stereocenters. The lowest BCUT2D eigenvalue weighted by atomic mass is 10.1. The van der Waals surface area contributed by atoms with Crippen molar-refractivity contribution in [3.8, 4) is 0 Å². The minimum Gasteiger partial charge on any atom is -0.208 e. The molecule has 0 aromatic carbocycles. The van der Waals surface area contributed by atoms with Gasteiger partial charge in [0.05, 0.1) is 0 Å². The van der Waals surface area contributed by atoms with Crippen molar-refractivity contribution in [1.82, 2.24) is 0 Å². The summed E-state index contributed by atoms with van der Waals surface area (Å²) in [6.45, 7) is 5.79. The highest BCUT2D eigenvalue weighted by molar-refractivity contribution is 8.16.